The summed E-state index contributed by atoms with van der Waals surface area (Å²) < 4.78 is 26.7. The Morgan fingerprint density at radius 2 is 2.16 bits per heavy atom. The van der Waals surface area contributed by atoms with Crippen LogP contribution < -0.4 is 10.0 Å². The molecule has 1 saturated heterocycles. The van der Waals surface area contributed by atoms with Crippen LogP contribution in [0.4, 0.5) is 0 Å². The summed E-state index contributed by atoms with van der Waals surface area (Å²) in [4.78, 5) is 10.5. The van der Waals surface area contributed by atoms with Gasteiger partial charge in [0.05, 0.1) is 12.6 Å². The van der Waals surface area contributed by atoms with Crippen molar-refractivity contribution >= 4 is 40.0 Å². The standard InChI is InChI=1S/C15H25N5O3S.HI/c1-2-17-15(20-10-5-13(21)6-11-20)18-8-9-19-24(22,23)14-4-3-7-16-12-14;/h3-4,7,12-13,19,21H,2,5-6,8-11H2,1H3,(H,17,18);1H. The van der Waals surface area contributed by atoms with Crippen molar-refractivity contribution in [1.29, 1.82) is 0 Å². The molecule has 0 saturated carbocycles. The molecule has 0 atom stereocenters. The van der Waals surface area contributed by atoms with Gasteiger partial charge in [-0.1, -0.05) is 0 Å². The van der Waals surface area contributed by atoms with E-state index in [1.807, 2.05) is 6.92 Å². The minimum Gasteiger partial charge on any atom is -0.393 e. The van der Waals surface area contributed by atoms with Crippen molar-refractivity contribution in [3.63, 3.8) is 0 Å². The second-order valence-electron chi connectivity index (χ2n) is 5.54. The summed E-state index contributed by atoms with van der Waals surface area (Å²) in [6.45, 7) is 4.75. The van der Waals surface area contributed by atoms with Gasteiger partial charge >= 0.3 is 0 Å². The number of piperidine rings is 1. The highest BCUT2D eigenvalue weighted by atomic mass is 127. The third-order valence-corrected chi connectivity index (χ3v) is 5.16. The summed E-state index contributed by atoms with van der Waals surface area (Å²) >= 11 is 0. The van der Waals surface area contributed by atoms with Gasteiger partial charge < -0.3 is 15.3 Å². The molecule has 1 fully saturated rings. The number of guanidine groups is 1. The predicted octanol–water partition coefficient (Wildman–Crippen LogP) is 0.400. The van der Waals surface area contributed by atoms with Crippen LogP contribution in [0, 0.1) is 0 Å². The number of nitrogens with zero attached hydrogens (tertiary/aromatic N) is 3. The largest absolute Gasteiger partial charge is 0.393 e. The van der Waals surface area contributed by atoms with Crippen LogP contribution in [0.2, 0.25) is 0 Å². The number of aromatic nitrogens is 1. The van der Waals surface area contributed by atoms with Gasteiger partial charge in [0.1, 0.15) is 4.90 Å². The quantitative estimate of drug-likeness (QED) is 0.234. The highest BCUT2D eigenvalue weighted by molar-refractivity contribution is 14.0. The van der Waals surface area contributed by atoms with Gasteiger partial charge in [0.15, 0.2) is 5.96 Å². The number of halogens is 1. The first-order valence-electron chi connectivity index (χ1n) is 8.14. The molecule has 0 amide bonds. The van der Waals surface area contributed by atoms with Gasteiger partial charge in [-0.15, -0.1) is 24.0 Å². The Morgan fingerprint density at radius 1 is 1.44 bits per heavy atom. The van der Waals surface area contributed by atoms with E-state index in [1.54, 1.807) is 6.07 Å². The molecule has 1 aromatic heterocycles. The Bertz CT molecular complexity index is 634. The summed E-state index contributed by atoms with van der Waals surface area (Å²) in [6, 6.07) is 3.09. The van der Waals surface area contributed by atoms with Gasteiger partial charge in [-0.2, -0.15) is 0 Å². The third-order valence-electron chi connectivity index (χ3n) is 3.71. The molecular weight excluding hydrogens is 457 g/mol. The normalized spacial score (nSPS) is 16.4. The fourth-order valence-electron chi connectivity index (χ4n) is 2.43. The number of aliphatic hydroxyl groups is 1. The SMILES string of the molecule is CCNC(=NCCNS(=O)(=O)c1cccnc1)N1CCC(O)CC1.I. The van der Waals surface area contributed by atoms with Gasteiger partial charge in [-0.05, 0) is 31.9 Å². The van der Waals surface area contributed by atoms with E-state index >= 15 is 0 Å². The summed E-state index contributed by atoms with van der Waals surface area (Å²) in [5, 5.41) is 12.8. The van der Waals surface area contributed by atoms with Crippen molar-refractivity contribution in [2.24, 2.45) is 4.99 Å². The molecule has 8 nitrogen and oxygen atoms in total. The Hall–Kier alpha value is -0.980. The molecular formula is C15H26IN5O3S. The number of pyridine rings is 1. The summed E-state index contributed by atoms with van der Waals surface area (Å²) in [5.41, 5.74) is 0. The van der Waals surface area contributed by atoms with Gasteiger partial charge in [-0.25, -0.2) is 13.1 Å². The first-order valence-corrected chi connectivity index (χ1v) is 9.62. The van der Waals surface area contributed by atoms with E-state index in [1.165, 1.54) is 18.5 Å². The van der Waals surface area contributed by atoms with Crippen LogP contribution in [-0.2, 0) is 10.0 Å². The van der Waals surface area contributed by atoms with Crippen molar-refractivity contribution in [2.45, 2.75) is 30.8 Å². The van der Waals surface area contributed by atoms with Crippen molar-refractivity contribution in [2.75, 3.05) is 32.7 Å². The molecule has 0 aliphatic carbocycles. The van der Waals surface area contributed by atoms with E-state index < -0.39 is 10.0 Å². The number of hydrogen-bond donors (Lipinski definition) is 3. The van der Waals surface area contributed by atoms with Crippen LogP contribution in [0.15, 0.2) is 34.4 Å². The van der Waals surface area contributed by atoms with Crippen molar-refractivity contribution < 1.29 is 13.5 Å². The second kappa shape index (κ2) is 10.9. The van der Waals surface area contributed by atoms with Crippen LogP contribution in [-0.4, -0.2) is 68.2 Å². The number of rotatable bonds is 6. The molecule has 25 heavy (non-hydrogen) atoms. The molecule has 0 aromatic carbocycles. The Morgan fingerprint density at radius 3 is 2.76 bits per heavy atom. The number of likely N-dealkylation sites (tertiary alicyclic amines) is 1. The lowest BCUT2D eigenvalue weighted by Gasteiger charge is -2.32. The number of sulfonamides is 1. The highest BCUT2D eigenvalue weighted by Crippen LogP contribution is 2.10. The molecule has 3 N–H and O–H groups in total. The minimum atomic E-state index is -3.55. The van der Waals surface area contributed by atoms with Crippen molar-refractivity contribution in [1.82, 2.24) is 19.9 Å². The average molecular weight is 483 g/mol. The first-order chi connectivity index (χ1) is 11.5. The molecule has 1 aliphatic rings. The first kappa shape index (κ1) is 22.1. The number of hydrogen-bond acceptors (Lipinski definition) is 5. The molecule has 1 aromatic rings. The molecule has 0 spiro atoms. The molecule has 2 heterocycles. The fraction of sp³-hybridized carbons (Fsp3) is 0.600. The van der Waals surface area contributed by atoms with E-state index in [0.29, 0.717) is 6.54 Å². The average Bonchev–Trinajstić information content (AvgIpc) is 2.59. The van der Waals surface area contributed by atoms with Crippen LogP contribution in [0.25, 0.3) is 0 Å². The molecule has 142 valence electrons. The Balaban J connectivity index is 0.00000312. The lowest BCUT2D eigenvalue weighted by Crippen LogP contribution is -2.46. The smallest absolute Gasteiger partial charge is 0.242 e. The van der Waals surface area contributed by atoms with E-state index in [2.05, 4.69) is 24.9 Å². The predicted molar refractivity (Wildman–Crippen MR) is 108 cm³/mol. The summed E-state index contributed by atoms with van der Waals surface area (Å²) in [5.74, 6) is 0.755. The summed E-state index contributed by atoms with van der Waals surface area (Å²) in [7, 11) is -3.55. The number of aliphatic hydroxyl groups excluding tert-OH is 1. The zero-order chi connectivity index (χ0) is 17.4. The minimum absolute atomic E-state index is 0. The van der Waals surface area contributed by atoms with Crippen LogP contribution in [0.5, 0.6) is 0 Å². The lowest BCUT2D eigenvalue weighted by molar-refractivity contribution is 0.108. The third kappa shape index (κ3) is 7.04. The zero-order valence-electron chi connectivity index (χ0n) is 14.3. The molecule has 2 rings (SSSR count). The number of aliphatic imine (C=N–C) groups is 1. The van der Waals surface area contributed by atoms with Crippen LogP contribution in [0.1, 0.15) is 19.8 Å². The van der Waals surface area contributed by atoms with E-state index in [4.69, 9.17) is 0 Å². The molecule has 0 bridgehead atoms. The maximum Gasteiger partial charge on any atom is 0.242 e. The van der Waals surface area contributed by atoms with Crippen LogP contribution >= 0.6 is 24.0 Å². The maximum absolute atomic E-state index is 12.1. The highest BCUT2D eigenvalue weighted by Gasteiger charge is 2.19. The second-order valence-corrected chi connectivity index (χ2v) is 7.31. The van der Waals surface area contributed by atoms with Crippen LogP contribution in [0.3, 0.4) is 0 Å². The Kier molecular flexibility index (Phi) is 9.61. The topological polar surface area (TPSA) is 107 Å². The summed E-state index contributed by atoms with van der Waals surface area (Å²) in [6.07, 6.45) is 4.04. The molecule has 0 unspecified atom stereocenters. The maximum atomic E-state index is 12.1. The van der Waals surface area contributed by atoms with Gasteiger partial charge in [-0.3, -0.25) is 9.98 Å². The Labute approximate surface area is 166 Å². The van der Waals surface area contributed by atoms with E-state index in [-0.39, 0.29) is 41.5 Å². The van der Waals surface area contributed by atoms with Gasteiger partial charge in [0.25, 0.3) is 0 Å². The molecule has 10 heteroatoms. The van der Waals surface area contributed by atoms with Crippen molar-refractivity contribution in [3.8, 4) is 0 Å². The van der Waals surface area contributed by atoms with E-state index in [0.717, 1.165) is 38.4 Å². The van der Waals surface area contributed by atoms with E-state index in [9.17, 15) is 13.5 Å². The number of nitrogens with one attached hydrogen (secondary N) is 2. The monoisotopic (exact) mass is 483 g/mol. The van der Waals surface area contributed by atoms with Gasteiger partial charge in [0.2, 0.25) is 10.0 Å². The zero-order valence-corrected chi connectivity index (χ0v) is 17.4. The molecule has 0 radical (unpaired) electrons. The van der Waals surface area contributed by atoms with Crippen molar-refractivity contribution in [3.05, 3.63) is 24.5 Å². The molecule has 1 aliphatic heterocycles. The lowest BCUT2D eigenvalue weighted by atomic mass is 10.1. The van der Waals surface area contributed by atoms with Gasteiger partial charge in [0, 0.05) is 38.6 Å². The fourth-order valence-corrected chi connectivity index (χ4v) is 3.42.